The van der Waals surface area contributed by atoms with Crippen LogP contribution in [0.1, 0.15) is 47.4 Å². The van der Waals surface area contributed by atoms with Crippen LogP contribution in [0.5, 0.6) is 11.5 Å². The van der Waals surface area contributed by atoms with Gasteiger partial charge in [-0.3, -0.25) is 9.48 Å². The topological polar surface area (TPSA) is 65.4 Å². The van der Waals surface area contributed by atoms with E-state index < -0.39 is 0 Å². The fourth-order valence-electron chi connectivity index (χ4n) is 4.13. The van der Waals surface area contributed by atoms with Crippen LogP contribution in [0.4, 0.5) is 0 Å². The van der Waals surface area contributed by atoms with Crippen molar-refractivity contribution in [3.8, 4) is 22.8 Å². The molecule has 0 saturated carbocycles. The molecule has 1 aliphatic rings. The van der Waals surface area contributed by atoms with E-state index in [1.165, 1.54) is 11.1 Å². The van der Waals surface area contributed by atoms with Gasteiger partial charge in [-0.2, -0.15) is 5.10 Å². The average Bonchev–Trinajstić information content (AvgIpc) is 3.23. The summed E-state index contributed by atoms with van der Waals surface area (Å²) in [5.74, 6) is 1.24. The van der Waals surface area contributed by atoms with Gasteiger partial charge in [0.05, 0.1) is 26.0 Å². The van der Waals surface area contributed by atoms with Crippen molar-refractivity contribution in [3.05, 3.63) is 65.4 Å². The Balaban J connectivity index is 1.63. The van der Waals surface area contributed by atoms with Gasteiger partial charge in [-0.25, -0.2) is 0 Å². The summed E-state index contributed by atoms with van der Waals surface area (Å²) in [5, 5.41) is 7.75. The fourth-order valence-corrected chi connectivity index (χ4v) is 4.13. The van der Waals surface area contributed by atoms with Crippen LogP contribution in [0.3, 0.4) is 0 Å². The lowest BCUT2D eigenvalue weighted by Crippen LogP contribution is -2.31. The molecular weight excluding hydrogens is 378 g/mol. The minimum atomic E-state index is -0.155. The fraction of sp³-hybridized carbons (Fsp3) is 0.333. The summed E-state index contributed by atoms with van der Waals surface area (Å²) < 4.78 is 12.7. The molecule has 156 valence electrons. The standard InChI is InChI=1S/C24H27N3O3/c1-4-27-22(19-13-12-17(29-2)14-23(19)30-3)15-21(26-27)24(28)25-20-11-7-9-16-8-5-6-10-18(16)20/h5-6,8,10,12-15,20H,4,7,9,11H2,1-3H3,(H,25,28)/t20-/m0/s1. The van der Waals surface area contributed by atoms with Crippen LogP contribution in [-0.4, -0.2) is 29.9 Å². The first-order valence-electron chi connectivity index (χ1n) is 10.3. The molecule has 3 aromatic rings. The lowest BCUT2D eigenvalue weighted by Gasteiger charge is -2.26. The predicted molar refractivity (Wildman–Crippen MR) is 116 cm³/mol. The number of carbonyl (C=O) groups is 1. The maximum absolute atomic E-state index is 13.1. The quantitative estimate of drug-likeness (QED) is 0.660. The zero-order valence-electron chi connectivity index (χ0n) is 17.6. The molecule has 0 fully saturated rings. The highest BCUT2D eigenvalue weighted by atomic mass is 16.5. The van der Waals surface area contributed by atoms with Gasteiger partial charge in [0.25, 0.3) is 5.91 Å². The van der Waals surface area contributed by atoms with Gasteiger partial charge in [0.1, 0.15) is 11.5 Å². The van der Waals surface area contributed by atoms with E-state index in [0.717, 1.165) is 30.5 Å². The second-order valence-electron chi connectivity index (χ2n) is 7.41. The van der Waals surface area contributed by atoms with E-state index in [4.69, 9.17) is 9.47 Å². The average molecular weight is 405 g/mol. The highest BCUT2D eigenvalue weighted by molar-refractivity contribution is 5.94. The Morgan fingerprint density at radius 1 is 1.17 bits per heavy atom. The number of benzene rings is 2. The number of nitrogens with one attached hydrogen (secondary N) is 1. The molecule has 4 rings (SSSR count). The number of rotatable bonds is 6. The maximum atomic E-state index is 13.1. The number of ether oxygens (including phenoxy) is 2. The van der Waals surface area contributed by atoms with E-state index in [0.29, 0.717) is 23.7 Å². The molecular formula is C24H27N3O3. The molecule has 0 aliphatic heterocycles. The normalized spacial score (nSPS) is 15.4. The third kappa shape index (κ3) is 3.77. The number of hydrogen-bond acceptors (Lipinski definition) is 4. The van der Waals surface area contributed by atoms with Gasteiger partial charge in [0.15, 0.2) is 5.69 Å². The molecule has 2 aromatic carbocycles. The van der Waals surface area contributed by atoms with E-state index in [2.05, 4.69) is 28.6 Å². The molecule has 30 heavy (non-hydrogen) atoms. The van der Waals surface area contributed by atoms with Gasteiger partial charge in [-0.05, 0) is 55.5 Å². The summed E-state index contributed by atoms with van der Waals surface area (Å²) in [6.07, 6.45) is 3.07. The lowest BCUT2D eigenvalue weighted by atomic mass is 9.87. The van der Waals surface area contributed by atoms with E-state index in [1.54, 1.807) is 14.2 Å². The van der Waals surface area contributed by atoms with Crippen LogP contribution >= 0.6 is 0 Å². The molecule has 0 unspecified atom stereocenters. The zero-order valence-corrected chi connectivity index (χ0v) is 17.6. The van der Waals surface area contributed by atoms with Crippen LogP contribution in [0.15, 0.2) is 48.5 Å². The summed E-state index contributed by atoms with van der Waals surface area (Å²) in [7, 11) is 3.25. The Morgan fingerprint density at radius 3 is 2.77 bits per heavy atom. The summed E-state index contributed by atoms with van der Waals surface area (Å²) in [4.78, 5) is 13.1. The molecule has 0 saturated heterocycles. The number of carbonyl (C=O) groups excluding carboxylic acids is 1. The molecule has 0 spiro atoms. The first kappa shape index (κ1) is 20.0. The Morgan fingerprint density at radius 2 is 2.00 bits per heavy atom. The first-order chi connectivity index (χ1) is 14.6. The number of aromatic nitrogens is 2. The third-order valence-corrected chi connectivity index (χ3v) is 5.67. The molecule has 6 heteroatoms. The van der Waals surface area contributed by atoms with Gasteiger partial charge >= 0.3 is 0 Å². The summed E-state index contributed by atoms with van der Waals surface area (Å²) in [5.41, 5.74) is 4.65. The number of fused-ring (bicyclic) bond motifs is 1. The van der Waals surface area contributed by atoms with Crippen molar-refractivity contribution in [1.82, 2.24) is 15.1 Å². The molecule has 1 aromatic heterocycles. The third-order valence-electron chi connectivity index (χ3n) is 5.67. The van der Waals surface area contributed by atoms with Crippen molar-refractivity contribution in [1.29, 1.82) is 0 Å². The Hall–Kier alpha value is -3.28. The largest absolute Gasteiger partial charge is 0.497 e. The predicted octanol–water partition coefficient (Wildman–Crippen LogP) is 4.39. The number of amides is 1. The monoisotopic (exact) mass is 405 g/mol. The van der Waals surface area contributed by atoms with Crippen molar-refractivity contribution in [2.24, 2.45) is 0 Å². The summed E-state index contributed by atoms with van der Waals surface area (Å²) >= 11 is 0. The number of hydrogen-bond donors (Lipinski definition) is 1. The molecule has 1 atom stereocenters. The molecule has 6 nitrogen and oxygen atoms in total. The van der Waals surface area contributed by atoms with Crippen molar-refractivity contribution < 1.29 is 14.3 Å². The Labute approximate surface area is 176 Å². The van der Waals surface area contributed by atoms with Crippen molar-refractivity contribution in [2.45, 2.75) is 38.8 Å². The van der Waals surface area contributed by atoms with Gasteiger partial charge in [-0.15, -0.1) is 0 Å². The van der Waals surface area contributed by atoms with Crippen LogP contribution in [0.2, 0.25) is 0 Å². The van der Waals surface area contributed by atoms with Crippen LogP contribution in [0.25, 0.3) is 11.3 Å². The molecule has 0 radical (unpaired) electrons. The number of nitrogens with zero attached hydrogens (tertiary/aromatic N) is 2. The maximum Gasteiger partial charge on any atom is 0.272 e. The first-order valence-corrected chi connectivity index (χ1v) is 10.3. The lowest BCUT2D eigenvalue weighted by molar-refractivity contribution is 0.0927. The van der Waals surface area contributed by atoms with Crippen molar-refractivity contribution in [3.63, 3.8) is 0 Å². The van der Waals surface area contributed by atoms with E-state index in [1.807, 2.05) is 41.9 Å². The molecule has 1 aliphatic carbocycles. The molecule has 1 amide bonds. The number of aryl methyl sites for hydroxylation is 2. The smallest absolute Gasteiger partial charge is 0.272 e. The Kier molecular flexibility index (Phi) is 5.74. The molecule has 1 heterocycles. The minimum Gasteiger partial charge on any atom is -0.497 e. The summed E-state index contributed by atoms with van der Waals surface area (Å²) in [6, 6.07) is 15.8. The van der Waals surface area contributed by atoms with E-state index in [9.17, 15) is 4.79 Å². The Bertz CT molecular complexity index is 1060. The molecule has 1 N–H and O–H groups in total. The van der Waals surface area contributed by atoms with Gasteiger partial charge < -0.3 is 14.8 Å². The van der Waals surface area contributed by atoms with Gasteiger partial charge in [0.2, 0.25) is 0 Å². The van der Waals surface area contributed by atoms with Gasteiger partial charge in [0, 0.05) is 18.2 Å². The summed E-state index contributed by atoms with van der Waals surface area (Å²) in [6.45, 7) is 2.65. The second kappa shape index (κ2) is 8.61. The SMILES string of the molecule is CCn1nc(C(=O)N[C@H]2CCCc3ccccc32)cc1-c1ccc(OC)cc1OC. The molecule has 0 bridgehead atoms. The second-order valence-corrected chi connectivity index (χ2v) is 7.41. The highest BCUT2D eigenvalue weighted by Crippen LogP contribution is 2.34. The highest BCUT2D eigenvalue weighted by Gasteiger charge is 2.24. The van der Waals surface area contributed by atoms with Gasteiger partial charge in [-0.1, -0.05) is 24.3 Å². The van der Waals surface area contributed by atoms with Crippen molar-refractivity contribution in [2.75, 3.05) is 14.2 Å². The van der Waals surface area contributed by atoms with Crippen molar-refractivity contribution >= 4 is 5.91 Å². The zero-order chi connectivity index (χ0) is 21.1. The number of methoxy groups -OCH3 is 2. The van der Waals surface area contributed by atoms with Crippen LogP contribution < -0.4 is 14.8 Å². The van der Waals surface area contributed by atoms with Crippen LogP contribution in [-0.2, 0) is 13.0 Å². The van der Waals surface area contributed by atoms with E-state index >= 15 is 0 Å². The minimum absolute atomic E-state index is 0.0215. The van der Waals surface area contributed by atoms with Crippen LogP contribution in [0, 0.1) is 0 Å². The van der Waals surface area contributed by atoms with E-state index in [-0.39, 0.29) is 11.9 Å².